The summed E-state index contributed by atoms with van der Waals surface area (Å²) >= 11 is 3.57. The van der Waals surface area contributed by atoms with Gasteiger partial charge in [0, 0.05) is 33.7 Å². The molecular formula is C25H35BrN2O2. The average molecular weight is 475 g/mol. The number of hydrogen-bond acceptors (Lipinski definition) is 2. The van der Waals surface area contributed by atoms with E-state index in [2.05, 4.69) is 46.6 Å². The zero-order valence-electron chi connectivity index (χ0n) is 19.2. The third-order valence-corrected chi connectivity index (χ3v) is 6.40. The Hall–Kier alpha value is -1.88. The van der Waals surface area contributed by atoms with E-state index < -0.39 is 0 Å². The van der Waals surface area contributed by atoms with Crippen molar-refractivity contribution in [3.8, 4) is 0 Å². The van der Waals surface area contributed by atoms with Gasteiger partial charge in [0.25, 0.3) is 5.91 Å². The van der Waals surface area contributed by atoms with Gasteiger partial charge in [0.15, 0.2) is 5.43 Å². The van der Waals surface area contributed by atoms with Crippen molar-refractivity contribution in [3.05, 3.63) is 60.5 Å². The van der Waals surface area contributed by atoms with Crippen molar-refractivity contribution in [3.63, 3.8) is 0 Å². The topological polar surface area (TPSA) is 51.1 Å². The Kier molecular flexibility index (Phi) is 8.90. The van der Waals surface area contributed by atoms with Crippen molar-refractivity contribution in [2.45, 2.75) is 86.6 Å². The van der Waals surface area contributed by atoms with Gasteiger partial charge in [-0.15, -0.1) is 0 Å². The van der Waals surface area contributed by atoms with Crippen molar-refractivity contribution in [1.82, 2.24) is 4.57 Å². The highest BCUT2D eigenvalue weighted by Crippen LogP contribution is 2.28. The Morgan fingerprint density at radius 3 is 2.10 bits per heavy atom. The first-order valence-electron chi connectivity index (χ1n) is 11.2. The van der Waals surface area contributed by atoms with Crippen LogP contribution in [-0.4, -0.2) is 10.5 Å². The predicted molar refractivity (Wildman–Crippen MR) is 130 cm³/mol. The summed E-state index contributed by atoms with van der Waals surface area (Å²) in [5, 5.41) is 3.11. The molecule has 1 heterocycles. The third-order valence-electron chi connectivity index (χ3n) is 5.94. The molecule has 0 saturated carbocycles. The molecule has 2 aromatic rings. The number of carbonyl (C=O) groups excluding carboxylic acids is 1. The number of rotatable bonds is 9. The summed E-state index contributed by atoms with van der Waals surface area (Å²) in [6.45, 7) is 13.0. The maximum Gasteiger partial charge on any atom is 0.261 e. The smallest absolute Gasteiger partial charge is 0.261 e. The summed E-state index contributed by atoms with van der Waals surface area (Å²) in [4.78, 5) is 26.6. The number of unbranched alkanes of at least 4 members (excludes halogenated alkanes) is 2. The maximum atomic E-state index is 13.4. The van der Waals surface area contributed by atoms with Crippen molar-refractivity contribution in [2.75, 3.05) is 5.32 Å². The fourth-order valence-electron chi connectivity index (χ4n) is 4.07. The Labute approximate surface area is 189 Å². The van der Waals surface area contributed by atoms with Crippen LogP contribution >= 0.6 is 15.9 Å². The molecule has 164 valence electrons. The number of amides is 1. The molecule has 0 unspecified atom stereocenters. The molecular weight excluding hydrogens is 440 g/mol. The second-order valence-corrected chi connectivity index (χ2v) is 8.75. The first kappa shape index (κ1) is 24.4. The second kappa shape index (κ2) is 10.9. The van der Waals surface area contributed by atoms with Crippen LogP contribution in [0.3, 0.4) is 0 Å². The van der Waals surface area contributed by atoms with Gasteiger partial charge in [0.05, 0.1) is 0 Å². The lowest BCUT2D eigenvalue weighted by atomic mass is 10.0. The molecule has 0 aliphatic carbocycles. The number of benzene rings is 1. The lowest BCUT2D eigenvalue weighted by Gasteiger charge is -2.22. The summed E-state index contributed by atoms with van der Waals surface area (Å²) in [6, 6.07) is 4.08. The maximum absolute atomic E-state index is 13.4. The molecule has 5 heteroatoms. The van der Waals surface area contributed by atoms with Gasteiger partial charge in [-0.1, -0.05) is 56.5 Å². The highest BCUT2D eigenvalue weighted by Gasteiger charge is 2.23. The number of anilines is 1. The van der Waals surface area contributed by atoms with Gasteiger partial charge in [-0.05, 0) is 62.8 Å². The third kappa shape index (κ3) is 5.05. The Morgan fingerprint density at radius 2 is 1.60 bits per heavy atom. The minimum atomic E-state index is -0.295. The number of halogens is 1. The molecule has 0 aliphatic heterocycles. The molecule has 4 nitrogen and oxygen atoms in total. The average Bonchev–Trinajstić information content (AvgIpc) is 2.73. The van der Waals surface area contributed by atoms with Crippen LogP contribution in [0.25, 0.3) is 0 Å². The molecule has 2 rings (SSSR count). The van der Waals surface area contributed by atoms with Crippen LogP contribution in [0.15, 0.2) is 21.4 Å². The van der Waals surface area contributed by atoms with E-state index in [1.54, 1.807) is 0 Å². The molecule has 0 spiro atoms. The molecule has 0 atom stereocenters. The summed E-state index contributed by atoms with van der Waals surface area (Å²) in [6.07, 6.45) is 5.56. The van der Waals surface area contributed by atoms with Gasteiger partial charge in [0.2, 0.25) is 0 Å². The van der Waals surface area contributed by atoms with Crippen molar-refractivity contribution >= 4 is 27.5 Å². The first-order valence-corrected chi connectivity index (χ1v) is 11.9. The SMILES string of the molecule is CCCCCn1c(C)c(C)c(=O)c(C(=O)Nc2c(CC)cc(Br)cc2CC)c1CC. The molecule has 0 saturated heterocycles. The van der Waals surface area contributed by atoms with Crippen LogP contribution in [0.5, 0.6) is 0 Å². The summed E-state index contributed by atoms with van der Waals surface area (Å²) in [5.41, 5.74) is 5.59. The Bertz CT molecular complexity index is 951. The van der Waals surface area contributed by atoms with Crippen LogP contribution in [0.4, 0.5) is 5.69 Å². The van der Waals surface area contributed by atoms with E-state index in [-0.39, 0.29) is 11.3 Å². The lowest BCUT2D eigenvalue weighted by Crippen LogP contribution is -2.31. The largest absolute Gasteiger partial charge is 0.348 e. The minimum Gasteiger partial charge on any atom is -0.348 e. The van der Waals surface area contributed by atoms with Gasteiger partial charge in [-0.2, -0.15) is 0 Å². The van der Waals surface area contributed by atoms with Gasteiger partial charge in [-0.25, -0.2) is 0 Å². The van der Waals surface area contributed by atoms with E-state index >= 15 is 0 Å². The lowest BCUT2D eigenvalue weighted by molar-refractivity contribution is 0.102. The molecule has 1 aromatic carbocycles. The number of nitrogens with zero attached hydrogens (tertiary/aromatic N) is 1. The quantitative estimate of drug-likeness (QED) is 0.429. The van der Waals surface area contributed by atoms with Crippen LogP contribution in [0, 0.1) is 13.8 Å². The first-order chi connectivity index (χ1) is 14.3. The fourth-order valence-corrected chi connectivity index (χ4v) is 4.62. The van der Waals surface area contributed by atoms with Crippen LogP contribution < -0.4 is 10.7 Å². The van der Waals surface area contributed by atoms with Gasteiger partial charge in [0.1, 0.15) is 5.56 Å². The fraction of sp³-hybridized carbons (Fsp3) is 0.520. The van der Waals surface area contributed by atoms with Crippen molar-refractivity contribution in [2.24, 2.45) is 0 Å². The Balaban J connectivity index is 2.59. The van der Waals surface area contributed by atoms with E-state index in [0.29, 0.717) is 17.5 Å². The number of aryl methyl sites for hydroxylation is 2. The normalized spacial score (nSPS) is 11.0. The molecule has 0 bridgehead atoms. The zero-order valence-corrected chi connectivity index (χ0v) is 20.8. The molecule has 1 amide bonds. The minimum absolute atomic E-state index is 0.151. The number of hydrogen-bond donors (Lipinski definition) is 1. The van der Waals surface area contributed by atoms with Gasteiger partial charge < -0.3 is 9.88 Å². The highest BCUT2D eigenvalue weighted by molar-refractivity contribution is 9.10. The van der Waals surface area contributed by atoms with Crippen LogP contribution in [0.1, 0.15) is 85.4 Å². The number of carbonyl (C=O) groups is 1. The van der Waals surface area contributed by atoms with Crippen LogP contribution in [0.2, 0.25) is 0 Å². The summed E-state index contributed by atoms with van der Waals surface area (Å²) in [5.74, 6) is -0.295. The highest BCUT2D eigenvalue weighted by atomic mass is 79.9. The van der Waals surface area contributed by atoms with Crippen LogP contribution in [-0.2, 0) is 25.8 Å². The van der Waals surface area contributed by atoms with Crippen molar-refractivity contribution < 1.29 is 4.79 Å². The van der Waals surface area contributed by atoms with Gasteiger partial charge >= 0.3 is 0 Å². The van der Waals surface area contributed by atoms with Gasteiger partial charge in [-0.3, -0.25) is 9.59 Å². The predicted octanol–water partition coefficient (Wildman–Crippen LogP) is 6.36. The standard InChI is InChI=1S/C25H35BrN2O2/c1-7-11-12-13-28-17(6)16(5)24(29)22(21(28)10-4)25(30)27-23-18(8-2)14-20(26)15-19(23)9-3/h14-15H,7-13H2,1-6H3,(H,27,30). The number of nitrogens with one attached hydrogen (secondary N) is 1. The summed E-state index contributed by atoms with van der Waals surface area (Å²) < 4.78 is 3.19. The summed E-state index contributed by atoms with van der Waals surface area (Å²) in [7, 11) is 0. The van der Waals surface area contributed by atoms with Crippen molar-refractivity contribution in [1.29, 1.82) is 0 Å². The Morgan fingerprint density at radius 1 is 1.00 bits per heavy atom. The van der Waals surface area contributed by atoms with E-state index in [1.807, 2.05) is 32.9 Å². The molecule has 1 N–H and O–H groups in total. The second-order valence-electron chi connectivity index (χ2n) is 7.83. The molecule has 0 aliphatic rings. The van der Waals surface area contributed by atoms with E-state index in [9.17, 15) is 9.59 Å². The number of pyridine rings is 1. The van der Waals surface area contributed by atoms with E-state index in [4.69, 9.17) is 0 Å². The molecule has 30 heavy (non-hydrogen) atoms. The monoisotopic (exact) mass is 474 g/mol. The molecule has 0 radical (unpaired) electrons. The van der Waals surface area contributed by atoms with E-state index in [1.165, 1.54) is 0 Å². The molecule has 0 fully saturated rings. The molecule has 1 aromatic heterocycles. The van der Waals surface area contributed by atoms with E-state index in [0.717, 1.165) is 71.3 Å². The number of aromatic nitrogens is 1. The zero-order chi connectivity index (χ0) is 22.4.